The number of thiocarbonyl (C=S) groups is 1. The fourth-order valence-corrected chi connectivity index (χ4v) is 1.77. The van der Waals surface area contributed by atoms with Gasteiger partial charge in [-0.1, -0.05) is 0 Å². The number of nitrogens with one attached hydrogen (secondary N) is 2. The molecule has 0 saturated carbocycles. The van der Waals surface area contributed by atoms with Gasteiger partial charge in [-0.3, -0.25) is 14.9 Å². The number of carbonyl (C=O) groups is 1. The third-order valence-electron chi connectivity index (χ3n) is 2.16. The molecule has 2 N–H and O–H groups in total. The van der Waals surface area contributed by atoms with E-state index in [9.17, 15) is 14.9 Å². The van der Waals surface area contributed by atoms with Crippen LogP contribution < -0.4 is 15.4 Å². The first-order valence-corrected chi connectivity index (χ1v) is 6.57. The highest BCUT2D eigenvalue weighted by Crippen LogP contribution is 2.16. The van der Waals surface area contributed by atoms with Crippen LogP contribution in [0.1, 0.15) is 20.8 Å². The van der Waals surface area contributed by atoms with E-state index in [1.165, 1.54) is 24.3 Å². The second-order valence-corrected chi connectivity index (χ2v) is 5.70. The molecule has 8 heteroatoms. The molecule has 1 amide bonds. The summed E-state index contributed by atoms with van der Waals surface area (Å²) in [6.45, 7) is 5.51. The van der Waals surface area contributed by atoms with Gasteiger partial charge < -0.3 is 15.4 Å². The zero-order valence-corrected chi connectivity index (χ0v) is 12.8. The third-order valence-corrected chi connectivity index (χ3v) is 2.36. The molecule has 0 aliphatic heterocycles. The van der Waals surface area contributed by atoms with E-state index in [-0.39, 0.29) is 22.9 Å². The predicted octanol–water partition coefficient (Wildman–Crippen LogP) is 1.76. The van der Waals surface area contributed by atoms with Gasteiger partial charge in [0.1, 0.15) is 5.75 Å². The number of rotatable bonds is 4. The minimum atomic E-state index is -0.507. The number of nitro benzene ring substituents is 1. The lowest BCUT2D eigenvalue weighted by Gasteiger charge is -2.22. The van der Waals surface area contributed by atoms with Gasteiger partial charge in [0.15, 0.2) is 11.7 Å². The van der Waals surface area contributed by atoms with Crippen molar-refractivity contribution in [1.82, 2.24) is 10.6 Å². The van der Waals surface area contributed by atoms with Crippen molar-refractivity contribution in [2.45, 2.75) is 26.3 Å². The van der Waals surface area contributed by atoms with Crippen molar-refractivity contribution in [2.75, 3.05) is 6.61 Å². The van der Waals surface area contributed by atoms with Crippen LogP contribution in [0.25, 0.3) is 0 Å². The largest absolute Gasteiger partial charge is 0.484 e. The summed E-state index contributed by atoms with van der Waals surface area (Å²) >= 11 is 4.98. The monoisotopic (exact) mass is 311 g/mol. The summed E-state index contributed by atoms with van der Waals surface area (Å²) in [7, 11) is 0. The summed E-state index contributed by atoms with van der Waals surface area (Å²) in [5, 5.41) is 16.1. The molecule has 114 valence electrons. The van der Waals surface area contributed by atoms with Crippen molar-refractivity contribution < 1.29 is 14.5 Å². The van der Waals surface area contributed by atoms with Crippen LogP contribution in [0, 0.1) is 10.1 Å². The molecule has 0 aliphatic rings. The van der Waals surface area contributed by atoms with Crippen LogP contribution in [0.3, 0.4) is 0 Å². The van der Waals surface area contributed by atoms with Gasteiger partial charge >= 0.3 is 0 Å². The van der Waals surface area contributed by atoms with E-state index in [1.54, 1.807) is 0 Å². The van der Waals surface area contributed by atoms with E-state index in [0.29, 0.717) is 5.75 Å². The first-order valence-electron chi connectivity index (χ1n) is 6.16. The van der Waals surface area contributed by atoms with Crippen molar-refractivity contribution >= 4 is 28.9 Å². The first kappa shape index (κ1) is 16.8. The second-order valence-electron chi connectivity index (χ2n) is 5.29. The van der Waals surface area contributed by atoms with Gasteiger partial charge in [-0.05, 0) is 45.1 Å². The lowest BCUT2D eigenvalue weighted by Crippen LogP contribution is -2.49. The number of amides is 1. The lowest BCUT2D eigenvalue weighted by molar-refractivity contribution is -0.384. The van der Waals surface area contributed by atoms with Crippen LogP contribution in [-0.4, -0.2) is 28.1 Å². The van der Waals surface area contributed by atoms with Gasteiger partial charge in [0.2, 0.25) is 0 Å². The molecule has 1 rings (SSSR count). The van der Waals surface area contributed by atoms with Gasteiger partial charge in [-0.15, -0.1) is 0 Å². The molecular weight excluding hydrogens is 294 g/mol. The molecule has 0 fully saturated rings. The van der Waals surface area contributed by atoms with Crippen LogP contribution in [0.15, 0.2) is 24.3 Å². The quantitative estimate of drug-likeness (QED) is 0.500. The number of nitrogens with zero attached hydrogens (tertiary/aromatic N) is 1. The van der Waals surface area contributed by atoms with Crippen LogP contribution in [0.5, 0.6) is 5.75 Å². The fourth-order valence-electron chi connectivity index (χ4n) is 1.35. The minimum absolute atomic E-state index is 0.0395. The third kappa shape index (κ3) is 6.66. The van der Waals surface area contributed by atoms with Crippen molar-refractivity contribution in [2.24, 2.45) is 0 Å². The van der Waals surface area contributed by atoms with Crippen molar-refractivity contribution in [1.29, 1.82) is 0 Å². The first-order chi connectivity index (χ1) is 9.67. The van der Waals surface area contributed by atoms with E-state index < -0.39 is 10.8 Å². The van der Waals surface area contributed by atoms with Crippen LogP contribution >= 0.6 is 12.2 Å². The number of nitro groups is 1. The predicted molar refractivity (Wildman–Crippen MR) is 82.2 cm³/mol. The zero-order valence-electron chi connectivity index (χ0n) is 12.0. The molecule has 0 unspecified atom stereocenters. The average Bonchev–Trinajstić information content (AvgIpc) is 2.34. The van der Waals surface area contributed by atoms with Gasteiger partial charge in [-0.25, -0.2) is 0 Å². The highest BCUT2D eigenvalue weighted by Gasteiger charge is 2.13. The Morgan fingerprint density at radius 1 is 1.33 bits per heavy atom. The fraction of sp³-hybridized carbons (Fsp3) is 0.385. The molecule has 0 saturated heterocycles. The maximum Gasteiger partial charge on any atom is 0.269 e. The molecule has 21 heavy (non-hydrogen) atoms. The molecule has 1 aromatic carbocycles. The molecule has 0 atom stereocenters. The summed E-state index contributed by atoms with van der Waals surface area (Å²) in [6.07, 6.45) is 0. The van der Waals surface area contributed by atoms with Gasteiger partial charge in [0.05, 0.1) is 4.92 Å². The summed E-state index contributed by atoms with van der Waals surface area (Å²) in [5.41, 5.74) is -0.286. The maximum atomic E-state index is 11.6. The van der Waals surface area contributed by atoms with E-state index in [0.717, 1.165) is 0 Å². The van der Waals surface area contributed by atoms with Gasteiger partial charge in [-0.2, -0.15) is 0 Å². The summed E-state index contributed by atoms with van der Waals surface area (Å²) in [5.74, 6) is -0.0412. The molecule has 0 radical (unpaired) electrons. The number of benzene rings is 1. The summed E-state index contributed by atoms with van der Waals surface area (Å²) in [4.78, 5) is 21.6. The smallest absolute Gasteiger partial charge is 0.269 e. The zero-order chi connectivity index (χ0) is 16.0. The number of non-ortho nitro benzene ring substituents is 1. The van der Waals surface area contributed by atoms with Crippen molar-refractivity contribution in [3.63, 3.8) is 0 Å². The number of carbonyl (C=O) groups excluding carboxylic acids is 1. The van der Waals surface area contributed by atoms with Crippen LogP contribution in [-0.2, 0) is 4.79 Å². The Bertz CT molecular complexity index is 537. The number of ether oxygens (including phenoxy) is 1. The van der Waals surface area contributed by atoms with E-state index >= 15 is 0 Å². The highest BCUT2D eigenvalue weighted by atomic mass is 32.1. The number of hydrogen-bond donors (Lipinski definition) is 2. The summed E-state index contributed by atoms with van der Waals surface area (Å²) < 4.78 is 5.21. The normalized spacial score (nSPS) is 10.6. The van der Waals surface area contributed by atoms with Crippen LogP contribution in [0.2, 0.25) is 0 Å². The molecule has 0 spiro atoms. The van der Waals surface area contributed by atoms with Crippen LogP contribution in [0.4, 0.5) is 5.69 Å². The lowest BCUT2D eigenvalue weighted by atomic mass is 10.1. The standard InChI is InChI=1S/C13H17N3O4S/c1-13(2,3)15-12(21)14-11(17)8-20-10-6-4-9(5-7-10)16(18)19/h4-7H,8H2,1-3H3,(H2,14,15,17,21). The maximum absolute atomic E-state index is 11.6. The Morgan fingerprint density at radius 2 is 1.90 bits per heavy atom. The van der Waals surface area contributed by atoms with E-state index in [4.69, 9.17) is 17.0 Å². The Balaban J connectivity index is 2.42. The molecule has 1 aromatic rings. The molecule has 0 aliphatic carbocycles. The van der Waals surface area contributed by atoms with Crippen molar-refractivity contribution in [3.05, 3.63) is 34.4 Å². The molecule has 0 bridgehead atoms. The van der Waals surface area contributed by atoms with E-state index in [1.807, 2.05) is 20.8 Å². The summed E-state index contributed by atoms with van der Waals surface area (Å²) in [6, 6.07) is 5.46. The SMILES string of the molecule is CC(C)(C)NC(=S)NC(=O)COc1ccc([N+](=O)[O-])cc1. The minimum Gasteiger partial charge on any atom is -0.484 e. The highest BCUT2D eigenvalue weighted by molar-refractivity contribution is 7.80. The Hall–Kier alpha value is -2.22. The van der Waals surface area contributed by atoms with E-state index in [2.05, 4.69) is 10.6 Å². The second kappa shape index (κ2) is 6.98. The number of hydrogen-bond acceptors (Lipinski definition) is 5. The molecule has 0 aromatic heterocycles. The Kier molecular flexibility index (Phi) is 5.60. The topological polar surface area (TPSA) is 93.5 Å². The average molecular weight is 311 g/mol. The molecular formula is C13H17N3O4S. The Morgan fingerprint density at radius 3 is 2.38 bits per heavy atom. The molecule has 0 heterocycles. The molecule has 7 nitrogen and oxygen atoms in total. The van der Waals surface area contributed by atoms with Crippen molar-refractivity contribution in [3.8, 4) is 5.75 Å². The van der Waals surface area contributed by atoms with Gasteiger partial charge in [0, 0.05) is 17.7 Å². The Labute approximate surface area is 127 Å². The van der Waals surface area contributed by atoms with Gasteiger partial charge in [0.25, 0.3) is 11.6 Å².